The first-order chi connectivity index (χ1) is 7.74. The summed E-state index contributed by atoms with van der Waals surface area (Å²) in [5.74, 6) is 1.86. The molecule has 3 nitrogen and oxygen atoms in total. The van der Waals surface area contributed by atoms with E-state index in [-0.39, 0.29) is 0 Å². The summed E-state index contributed by atoms with van der Waals surface area (Å²) in [5.41, 5.74) is 1.11. The van der Waals surface area contributed by atoms with Gasteiger partial charge in [0.15, 0.2) is 0 Å². The molecule has 0 radical (unpaired) electrons. The molecule has 0 amide bonds. The first-order valence-corrected chi connectivity index (χ1v) is 6.94. The second-order valence-corrected chi connectivity index (χ2v) is 6.04. The van der Waals surface area contributed by atoms with Crippen molar-refractivity contribution in [1.82, 2.24) is 15.3 Å². The van der Waals surface area contributed by atoms with Crippen molar-refractivity contribution in [2.75, 3.05) is 0 Å². The standard InChI is InChI=1S/C12H19N3S/c1-9(2)16-8-12-13-6-5-11(15-12)7-14-10-3-4-10/h5-6,9-10,14H,3-4,7-8H2,1-2H3. The molecule has 0 bridgehead atoms. The van der Waals surface area contributed by atoms with Crippen molar-refractivity contribution in [3.8, 4) is 0 Å². The third kappa shape index (κ3) is 4.10. The Labute approximate surface area is 101 Å². The summed E-state index contributed by atoms with van der Waals surface area (Å²) < 4.78 is 0. The topological polar surface area (TPSA) is 37.8 Å². The van der Waals surface area contributed by atoms with E-state index in [0.717, 1.165) is 29.9 Å². The lowest BCUT2D eigenvalue weighted by Gasteiger charge is -2.06. The van der Waals surface area contributed by atoms with Crippen LogP contribution in [0.3, 0.4) is 0 Å². The van der Waals surface area contributed by atoms with Gasteiger partial charge in [0.25, 0.3) is 0 Å². The van der Waals surface area contributed by atoms with Gasteiger partial charge in [0, 0.05) is 18.8 Å². The highest BCUT2D eigenvalue weighted by atomic mass is 32.2. The molecule has 0 aliphatic heterocycles. The Balaban J connectivity index is 1.84. The van der Waals surface area contributed by atoms with E-state index in [1.54, 1.807) is 0 Å². The van der Waals surface area contributed by atoms with Gasteiger partial charge in [-0.15, -0.1) is 0 Å². The van der Waals surface area contributed by atoms with Crippen LogP contribution in [0.5, 0.6) is 0 Å². The molecule has 1 heterocycles. The van der Waals surface area contributed by atoms with Gasteiger partial charge in [0.05, 0.1) is 11.4 Å². The van der Waals surface area contributed by atoms with Gasteiger partial charge in [-0.25, -0.2) is 9.97 Å². The zero-order valence-corrected chi connectivity index (χ0v) is 10.8. The van der Waals surface area contributed by atoms with Crippen LogP contribution in [0.1, 0.15) is 38.2 Å². The maximum Gasteiger partial charge on any atom is 0.138 e. The van der Waals surface area contributed by atoms with E-state index < -0.39 is 0 Å². The summed E-state index contributed by atoms with van der Waals surface area (Å²) in [5, 5.41) is 4.10. The normalized spacial score (nSPS) is 15.7. The van der Waals surface area contributed by atoms with Crippen LogP contribution in [-0.2, 0) is 12.3 Å². The molecule has 2 rings (SSSR count). The number of aromatic nitrogens is 2. The molecule has 88 valence electrons. The number of hydrogen-bond acceptors (Lipinski definition) is 4. The lowest BCUT2D eigenvalue weighted by atomic mass is 10.4. The average Bonchev–Trinajstić information content (AvgIpc) is 3.08. The molecule has 0 unspecified atom stereocenters. The Hall–Kier alpha value is -0.610. The summed E-state index contributed by atoms with van der Waals surface area (Å²) in [6.45, 7) is 5.28. The average molecular weight is 237 g/mol. The van der Waals surface area contributed by atoms with E-state index in [1.165, 1.54) is 12.8 Å². The van der Waals surface area contributed by atoms with Crippen LogP contribution in [0, 0.1) is 0 Å². The molecule has 0 atom stereocenters. The van der Waals surface area contributed by atoms with Crippen molar-refractivity contribution in [3.63, 3.8) is 0 Å². The van der Waals surface area contributed by atoms with Crippen molar-refractivity contribution in [2.24, 2.45) is 0 Å². The number of nitrogens with one attached hydrogen (secondary N) is 1. The number of hydrogen-bond donors (Lipinski definition) is 1. The van der Waals surface area contributed by atoms with Gasteiger partial charge in [-0.3, -0.25) is 0 Å². The fourth-order valence-corrected chi connectivity index (χ4v) is 2.01. The van der Waals surface area contributed by atoms with Crippen LogP contribution in [0.15, 0.2) is 12.3 Å². The zero-order chi connectivity index (χ0) is 11.4. The summed E-state index contributed by atoms with van der Waals surface area (Å²) in [6.07, 6.45) is 4.51. The summed E-state index contributed by atoms with van der Waals surface area (Å²) >= 11 is 1.88. The maximum absolute atomic E-state index is 4.55. The number of nitrogens with zero attached hydrogens (tertiary/aromatic N) is 2. The van der Waals surface area contributed by atoms with Crippen LogP contribution in [-0.4, -0.2) is 21.3 Å². The Morgan fingerprint density at radius 1 is 1.50 bits per heavy atom. The minimum atomic E-state index is 0.636. The highest BCUT2D eigenvalue weighted by Crippen LogP contribution is 2.19. The molecular weight excluding hydrogens is 218 g/mol. The molecule has 1 aromatic heterocycles. The molecule has 1 fully saturated rings. The van der Waals surface area contributed by atoms with E-state index in [1.807, 2.05) is 24.0 Å². The third-order valence-electron chi connectivity index (χ3n) is 2.46. The molecule has 16 heavy (non-hydrogen) atoms. The van der Waals surface area contributed by atoms with Crippen molar-refractivity contribution in [2.45, 2.75) is 50.3 Å². The SMILES string of the molecule is CC(C)SCc1nccc(CNC2CC2)n1. The molecule has 1 N–H and O–H groups in total. The molecule has 4 heteroatoms. The lowest BCUT2D eigenvalue weighted by Crippen LogP contribution is -2.16. The Kier molecular flexibility index (Phi) is 4.18. The largest absolute Gasteiger partial charge is 0.308 e. The molecule has 0 saturated heterocycles. The third-order valence-corrected chi connectivity index (χ3v) is 3.55. The fraction of sp³-hybridized carbons (Fsp3) is 0.667. The lowest BCUT2D eigenvalue weighted by molar-refractivity contribution is 0.670. The van der Waals surface area contributed by atoms with Crippen LogP contribution >= 0.6 is 11.8 Å². The van der Waals surface area contributed by atoms with Gasteiger partial charge in [0.1, 0.15) is 5.82 Å². The van der Waals surface area contributed by atoms with E-state index in [4.69, 9.17) is 0 Å². The minimum absolute atomic E-state index is 0.636. The first kappa shape index (κ1) is 11.9. The number of rotatable bonds is 6. The van der Waals surface area contributed by atoms with Crippen LogP contribution in [0.25, 0.3) is 0 Å². The van der Waals surface area contributed by atoms with E-state index >= 15 is 0 Å². The molecule has 0 aromatic carbocycles. The van der Waals surface area contributed by atoms with E-state index in [9.17, 15) is 0 Å². The predicted molar refractivity (Wildman–Crippen MR) is 68.3 cm³/mol. The fourth-order valence-electron chi connectivity index (χ4n) is 1.39. The first-order valence-electron chi connectivity index (χ1n) is 5.90. The quantitative estimate of drug-likeness (QED) is 0.824. The van der Waals surface area contributed by atoms with Gasteiger partial charge in [0.2, 0.25) is 0 Å². The highest BCUT2D eigenvalue weighted by molar-refractivity contribution is 7.99. The Morgan fingerprint density at radius 3 is 3.00 bits per heavy atom. The van der Waals surface area contributed by atoms with Crippen molar-refractivity contribution in [3.05, 3.63) is 23.8 Å². The van der Waals surface area contributed by atoms with Gasteiger partial charge in [-0.1, -0.05) is 13.8 Å². The zero-order valence-electron chi connectivity index (χ0n) is 9.94. The summed E-state index contributed by atoms with van der Waals surface area (Å²) in [6, 6.07) is 2.74. The van der Waals surface area contributed by atoms with Gasteiger partial charge < -0.3 is 5.32 Å². The molecule has 1 saturated carbocycles. The minimum Gasteiger partial charge on any atom is -0.308 e. The second kappa shape index (κ2) is 5.64. The van der Waals surface area contributed by atoms with Gasteiger partial charge in [-0.05, 0) is 24.2 Å². The molecule has 1 aliphatic rings. The van der Waals surface area contributed by atoms with Crippen LogP contribution < -0.4 is 5.32 Å². The predicted octanol–water partition coefficient (Wildman–Crippen LogP) is 2.37. The molecular formula is C12H19N3S. The maximum atomic E-state index is 4.55. The van der Waals surface area contributed by atoms with Crippen molar-refractivity contribution >= 4 is 11.8 Å². The van der Waals surface area contributed by atoms with Crippen molar-refractivity contribution < 1.29 is 0 Å². The molecule has 1 aliphatic carbocycles. The van der Waals surface area contributed by atoms with E-state index in [2.05, 4.69) is 29.1 Å². The monoisotopic (exact) mass is 237 g/mol. The van der Waals surface area contributed by atoms with E-state index in [0.29, 0.717) is 5.25 Å². The highest BCUT2D eigenvalue weighted by Gasteiger charge is 2.20. The van der Waals surface area contributed by atoms with Crippen molar-refractivity contribution in [1.29, 1.82) is 0 Å². The number of thioether (sulfide) groups is 1. The molecule has 1 aromatic rings. The Bertz CT molecular complexity index is 316. The van der Waals surface area contributed by atoms with Crippen LogP contribution in [0.4, 0.5) is 0 Å². The summed E-state index contributed by atoms with van der Waals surface area (Å²) in [4.78, 5) is 8.84. The second-order valence-electron chi connectivity index (χ2n) is 4.48. The Morgan fingerprint density at radius 2 is 2.31 bits per heavy atom. The summed E-state index contributed by atoms with van der Waals surface area (Å²) in [7, 11) is 0. The molecule has 0 spiro atoms. The smallest absolute Gasteiger partial charge is 0.138 e. The van der Waals surface area contributed by atoms with Crippen LogP contribution in [0.2, 0.25) is 0 Å². The van der Waals surface area contributed by atoms with Gasteiger partial charge >= 0.3 is 0 Å². The van der Waals surface area contributed by atoms with Gasteiger partial charge in [-0.2, -0.15) is 11.8 Å².